The summed E-state index contributed by atoms with van der Waals surface area (Å²) in [5.74, 6) is 0. The number of benzene rings is 1. The number of aryl methyl sites for hydroxylation is 1. The number of rotatable bonds is 1. The molecule has 4 heteroatoms. The van der Waals surface area contributed by atoms with Crippen molar-refractivity contribution in [3.8, 4) is 5.69 Å². The van der Waals surface area contributed by atoms with Crippen LogP contribution in [0.3, 0.4) is 0 Å². The molecule has 0 unspecified atom stereocenters. The van der Waals surface area contributed by atoms with Gasteiger partial charge in [-0.05, 0) is 24.6 Å². The Morgan fingerprint density at radius 3 is 2.80 bits per heavy atom. The van der Waals surface area contributed by atoms with Crippen molar-refractivity contribution in [1.29, 1.82) is 0 Å². The summed E-state index contributed by atoms with van der Waals surface area (Å²) in [5.41, 5.74) is 0.563. The molecule has 0 atom stereocenters. The molecule has 1 N–H and O–H groups in total. The van der Waals surface area contributed by atoms with Gasteiger partial charge >= 0.3 is 11.1 Å². The van der Waals surface area contributed by atoms with Gasteiger partial charge in [-0.3, -0.25) is 14.2 Å². The fourth-order valence-corrected chi connectivity index (χ4v) is 1.41. The van der Waals surface area contributed by atoms with Gasteiger partial charge in [-0.25, -0.2) is 0 Å². The summed E-state index contributed by atoms with van der Waals surface area (Å²) in [7, 11) is 0. The standard InChI is InChI=1S/C11H10N2O2/c1-8-3-2-4-9(7-8)13-6-5-12-10(14)11(13)15/h2-7H,1H3,(H,12,14). The van der Waals surface area contributed by atoms with Crippen molar-refractivity contribution in [3.05, 3.63) is 62.9 Å². The quantitative estimate of drug-likeness (QED) is 0.696. The normalized spacial score (nSPS) is 10.2. The Labute approximate surface area is 85.8 Å². The molecule has 0 amide bonds. The summed E-state index contributed by atoms with van der Waals surface area (Å²) in [6, 6.07) is 7.41. The largest absolute Gasteiger partial charge is 0.323 e. The molecule has 2 aromatic rings. The van der Waals surface area contributed by atoms with Gasteiger partial charge in [-0.1, -0.05) is 12.1 Å². The van der Waals surface area contributed by atoms with Gasteiger partial charge < -0.3 is 4.98 Å². The third kappa shape index (κ3) is 1.74. The van der Waals surface area contributed by atoms with E-state index in [4.69, 9.17) is 0 Å². The Bertz CT molecular complexity index is 596. The second-order valence-electron chi connectivity index (χ2n) is 3.30. The van der Waals surface area contributed by atoms with Crippen LogP contribution in [-0.4, -0.2) is 9.55 Å². The molecule has 0 bridgehead atoms. The molecule has 0 saturated carbocycles. The van der Waals surface area contributed by atoms with Crippen LogP contribution >= 0.6 is 0 Å². The highest BCUT2D eigenvalue weighted by atomic mass is 16.2. The molecule has 2 rings (SSSR count). The number of nitrogens with zero attached hydrogens (tertiary/aromatic N) is 1. The lowest BCUT2D eigenvalue weighted by Gasteiger charge is -2.04. The van der Waals surface area contributed by atoms with E-state index < -0.39 is 11.1 Å². The number of nitrogens with one attached hydrogen (secondary N) is 1. The van der Waals surface area contributed by atoms with Crippen molar-refractivity contribution in [2.75, 3.05) is 0 Å². The minimum Gasteiger partial charge on any atom is -0.323 e. The zero-order valence-corrected chi connectivity index (χ0v) is 8.23. The number of hydrogen-bond acceptors (Lipinski definition) is 2. The summed E-state index contributed by atoms with van der Waals surface area (Å²) in [6.45, 7) is 1.93. The van der Waals surface area contributed by atoms with E-state index in [0.717, 1.165) is 5.56 Å². The van der Waals surface area contributed by atoms with Crippen LogP contribution < -0.4 is 11.1 Å². The highest BCUT2D eigenvalue weighted by Gasteiger charge is 2.01. The number of H-pyrrole nitrogens is 1. The molecule has 1 aromatic heterocycles. The van der Waals surface area contributed by atoms with Crippen LogP contribution in [0.4, 0.5) is 0 Å². The first-order valence-corrected chi connectivity index (χ1v) is 4.56. The van der Waals surface area contributed by atoms with E-state index in [2.05, 4.69) is 4.98 Å². The van der Waals surface area contributed by atoms with E-state index in [1.54, 1.807) is 12.3 Å². The van der Waals surface area contributed by atoms with Gasteiger partial charge in [0.2, 0.25) is 0 Å². The topological polar surface area (TPSA) is 54.9 Å². The van der Waals surface area contributed by atoms with E-state index in [-0.39, 0.29) is 0 Å². The predicted molar refractivity (Wildman–Crippen MR) is 57.4 cm³/mol. The molecule has 0 aliphatic heterocycles. The van der Waals surface area contributed by atoms with Crippen molar-refractivity contribution < 1.29 is 0 Å². The molecule has 0 radical (unpaired) electrons. The smallest absolute Gasteiger partial charge is 0.320 e. The van der Waals surface area contributed by atoms with Crippen LogP contribution in [0.25, 0.3) is 5.69 Å². The van der Waals surface area contributed by atoms with Crippen LogP contribution in [0.15, 0.2) is 46.2 Å². The second-order valence-corrected chi connectivity index (χ2v) is 3.30. The van der Waals surface area contributed by atoms with Crippen molar-refractivity contribution in [2.45, 2.75) is 6.92 Å². The molecule has 0 aliphatic rings. The molecule has 15 heavy (non-hydrogen) atoms. The summed E-state index contributed by atoms with van der Waals surface area (Å²) < 4.78 is 1.33. The highest BCUT2D eigenvalue weighted by Crippen LogP contribution is 2.06. The maximum absolute atomic E-state index is 11.5. The fourth-order valence-electron chi connectivity index (χ4n) is 1.41. The van der Waals surface area contributed by atoms with Gasteiger partial charge in [-0.2, -0.15) is 0 Å². The maximum Gasteiger partial charge on any atom is 0.320 e. The lowest BCUT2D eigenvalue weighted by Crippen LogP contribution is -2.34. The van der Waals surface area contributed by atoms with E-state index in [1.165, 1.54) is 10.8 Å². The van der Waals surface area contributed by atoms with Gasteiger partial charge in [0.15, 0.2) is 0 Å². The number of hydrogen-bond donors (Lipinski definition) is 1. The summed E-state index contributed by atoms with van der Waals surface area (Å²) in [5, 5.41) is 0. The van der Waals surface area contributed by atoms with Crippen molar-refractivity contribution in [3.63, 3.8) is 0 Å². The average Bonchev–Trinajstić information content (AvgIpc) is 2.22. The van der Waals surface area contributed by atoms with Gasteiger partial charge in [0.25, 0.3) is 0 Å². The first-order chi connectivity index (χ1) is 7.18. The highest BCUT2D eigenvalue weighted by molar-refractivity contribution is 5.35. The Hall–Kier alpha value is -2.10. The van der Waals surface area contributed by atoms with Gasteiger partial charge in [0, 0.05) is 18.1 Å². The minimum absolute atomic E-state index is 0.567. The Balaban J connectivity index is 2.70. The van der Waals surface area contributed by atoms with Gasteiger partial charge in [-0.15, -0.1) is 0 Å². The minimum atomic E-state index is -0.612. The van der Waals surface area contributed by atoms with Crippen LogP contribution in [0.5, 0.6) is 0 Å². The number of aromatic nitrogens is 2. The molecule has 76 valence electrons. The van der Waals surface area contributed by atoms with Crippen LogP contribution in [-0.2, 0) is 0 Å². The monoisotopic (exact) mass is 202 g/mol. The first-order valence-electron chi connectivity index (χ1n) is 4.56. The lowest BCUT2D eigenvalue weighted by atomic mass is 10.2. The lowest BCUT2D eigenvalue weighted by molar-refractivity contribution is 0.926. The Morgan fingerprint density at radius 1 is 1.27 bits per heavy atom. The molecular weight excluding hydrogens is 192 g/mol. The first kappa shape index (κ1) is 9.45. The third-order valence-electron chi connectivity index (χ3n) is 2.13. The van der Waals surface area contributed by atoms with Crippen LogP contribution in [0, 0.1) is 6.92 Å². The molecule has 1 aromatic carbocycles. The summed E-state index contributed by atoms with van der Waals surface area (Å²) in [6.07, 6.45) is 2.99. The van der Waals surface area contributed by atoms with Crippen molar-refractivity contribution >= 4 is 0 Å². The van der Waals surface area contributed by atoms with Crippen LogP contribution in [0.1, 0.15) is 5.56 Å². The molecule has 0 fully saturated rings. The zero-order valence-electron chi connectivity index (χ0n) is 8.23. The average molecular weight is 202 g/mol. The summed E-state index contributed by atoms with van der Waals surface area (Å²) >= 11 is 0. The maximum atomic E-state index is 11.5. The van der Waals surface area contributed by atoms with E-state index in [1.807, 2.05) is 25.1 Å². The SMILES string of the molecule is Cc1cccc(-n2cc[nH]c(=O)c2=O)c1. The van der Waals surface area contributed by atoms with Gasteiger partial charge in [0.05, 0.1) is 0 Å². The second kappa shape index (κ2) is 3.57. The molecular formula is C11H10N2O2. The van der Waals surface area contributed by atoms with Crippen molar-refractivity contribution in [1.82, 2.24) is 9.55 Å². The van der Waals surface area contributed by atoms with Crippen LogP contribution in [0.2, 0.25) is 0 Å². The third-order valence-corrected chi connectivity index (χ3v) is 2.13. The predicted octanol–water partition coefficient (Wildman–Crippen LogP) is 0.834. The van der Waals surface area contributed by atoms with E-state index in [9.17, 15) is 9.59 Å². The summed E-state index contributed by atoms with van der Waals surface area (Å²) in [4.78, 5) is 24.9. The number of aromatic amines is 1. The van der Waals surface area contributed by atoms with E-state index in [0.29, 0.717) is 5.69 Å². The fraction of sp³-hybridized carbons (Fsp3) is 0.0909. The Morgan fingerprint density at radius 2 is 2.07 bits per heavy atom. The van der Waals surface area contributed by atoms with E-state index >= 15 is 0 Å². The molecule has 0 saturated heterocycles. The Kier molecular flexibility index (Phi) is 2.25. The molecule has 0 spiro atoms. The molecule has 0 aliphatic carbocycles. The molecule has 4 nitrogen and oxygen atoms in total. The van der Waals surface area contributed by atoms with Gasteiger partial charge in [0.1, 0.15) is 0 Å². The molecule has 1 heterocycles. The van der Waals surface area contributed by atoms with Crippen molar-refractivity contribution in [2.24, 2.45) is 0 Å². The zero-order chi connectivity index (χ0) is 10.8.